The minimum absolute atomic E-state index is 0. The summed E-state index contributed by atoms with van der Waals surface area (Å²) in [6.07, 6.45) is 3.76. The predicted octanol–water partition coefficient (Wildman–Crippen LogP) is 3.53. The van der Waals surface area contributed by atoms with Crippen molar-refractivity contribution < 1.29 is 9.47 Å². The average molecular weight is 519 g/mol. The summed E-state index contributed by atoms with van der Waals surface area (Å²) in [6, 6.07) is 16.3. The number of hydrogen-bond donors (Lipinski definition) is 2. The molecule has 0 aliphatic carbocycles. The van der Waals surface area contributed by atoms with Crippen molar-refractivity contribution in [2.75, 3.05) is 13.3 Å². The molecule has 2 aromatic carbocycles. The molecular formula is C22H26IN5O2. The second-order valence-electron chi connectivity index (χ2n) is 6.76. The van der Waals surface area contributed by atoms with Gasteiger partial charge in [-0.3, -0.25) is 4.68 Å². The first-order chi connectivity index (χ1) is 14.3. The first-order valence-electron chi connectivity index (χ1n) is 9.76. The number of guanidine groups is 1. The fourth-order valence-corrected chi connectivity index (χ4v) is 3.16. The number of ether oxygens (including phenoxy) is 2. The summed E-state index contributed by atoms with van der Waals surface area (Å²) >= 11 is 0. The SMILES string of the molecule is CCNC(=NCc1cccc(Cn2cccn2)c1)NCc1ccc2c(c1)OCO2.I. The molecule has 0 atom stereocenters. The van der Waals surface area contributed by atoms with E-state index in [-0.39, 0.29) is 30.8 Å². The first kappa shape index (κ1) is 21.9. The summed E-state index contributed by atoms with van der Waals surface area (Å²) in [5.41, 5.74) is 3.48. The largest absolute Gasteiger partial charge is 0.454 e. The normalized spacial score (nSPS) is 12.4. The van der Waals surface area contributed by atoms with E-state index in [1.807, 2.05) is 35.1 Å². The lowest BCUT2D eigenvalue weighted by molar-refractivity contribution is 0.174. The number of fused-ring (bicyclic) bond motifs is 1. The lowest BCUT2D eigenvalue weighted by Gasteiger charge is -2.12. The smallest absolute Gasteiger partial charge is 0.231 e. The second-order valence-corrected chi connectivity index (χ2v) is 6.76. The fraction of sp³-hybridized carbons (Fsp3) is 0.273. The lowest BCUT2D eigenvalue weighted by atomic mass is 10.1. The van der Waals surface area contributed by atoms with Crippen LogP contribution in [0.3, 0.4) is 0 Å². The molecule has 0 spiro atoms. The van der Waals surface area contributed by atoms with Gasteiger partial charge in [0.15, 0.2) is 17.5 Å². The Labute approximate surface area is 193 Å². The molecule has 1 aliphatic rings. The maximum atomic E-state index is 5.45. The quantitative estimate of drug-likeness (QED) is 0.284. The number of aromatic nitrogens is 2. The lowest BCUT2D eigenvalue weighted by Crippen LogP contribution is -2.36. The molecule has 2 N–H and O–H groups in total. The third kappa shape index (κ3) is 5.88. The highest BCUT2D eigenvalue weighted by molar-refractivity contribution is 14.0. The van der Waals surface area contributed by atoms with Crippen molar-refractivity contribution in [1.82, 2.24) is 20.4 Å². The average Bonchev–Trinajstić information content (AvgIpc) is 3.42. The van der Waals surface area contributed by atoms with Gasteiger partial charge in [-0.2, -0.15) is 5.10 Å². The molecule has 0 saturated carbocycles. The van der Waals surface area contributed by atoms with Crippen LogP contribution in [0.5, 0.6) is 11.5 Å². The number of hydrogen-bond acceptors (Lipinski definition) is 4. The molecule has 0 bridgehead atoms. The van der Waals surface area contributed by atoms with E-state index in [2.05, 4.69) is 46.9 Å². The molecular weight excluding hydrogens is 493 g/mol. The first-order valence-corrected chi connectivity index (χ1v) is 9.76. The van der Waals surface area contributed by atoms with Crippen LogP contribution >= 0.6 is 24.0 Å². The molecule has 0 fully saturated rings. The van der Waals surface area contributed by atoms with Crippen molar-refractivity contribution in [3.05, 3.63) is 77.6 Å². The summed E-state index contributed by atoms with van der Waals surface area (Å²) in [6.45, 7) is 5.16. The molecule has 158 valence electrons. The van der Waals surface area contributed by atoms with Crippen molar-refractivity contribution in [1.29, 1.82) is 0 Å². The maximum absolute atomic E-state index is 5.45. The molecule has 3 aromatic rings. The van der Waals surface area contributed by atoms with Crippen LogP contribution in [0.2, 0.25) is 0 Å². The number of benzene rings is 2. The Morgan fingerprint density at radius 2 is 1.90 bits per heavy atom. The van der Waals surface area contributed by atoms with Crippen molar-refractivity contribution in [3.8, 4) is 11.5 Å². The van der Waals surface area contributed by atoms with Crippen LogP contribution in [0, 0.1) is 0 Å². The predicted molar refractivity (Wildman–Crippen MR) is 127 cm³/mol. The number of halogens is 1. The third-order valence-electron chi connectivity index (χ3n) is 4.56. The van der Waals surface area contributed by atoms with Gasteiger partial charge in [-0.15, -0.1) is 24.0 Å². The van der Waals surface area contributed by atoms with E-state index in [9.17, 15) is 0 Å². The van der Waals surface area contributed by atoms with E-state index in [1.165, 1.54) is 5.56 Å². The number of aliphatic imine (C=N–C) groups is 1. The van der Waals surface area contributed by atoms with Gasteiger partial charge < -0.3 is 20.1 Å². The molecule has 0 radical (unpaired) electrons. The molecule has 0 saturated heterocycles. The topological polar surface area (TPSA) is 72.7 Å². The van der Waals surface area contributed by atoms with Gasteiger partial charge >= 0.3 is 0 Å². The van der Waals surface area contributed by atoms with Crippen LogP contribution < -0.4 is 20.1 Å². The molecule has 8 heteroatoms. The van der Waals surface area contributed by atoms with Crippen molar-refractivity contribution in [3.63, 3.8) is 0 Å². The molecule has 0 amide bonds. The van der Waals surface area contributed by atoms with Crippen molar-refractivity contribution >= 4 is 29.9 Å². The molecule has 4 rings (SSSR count). The highest BCUT2D eigenvalue weighted by atomic mass is 127. The summed E-state index contributed by atoms with van der Waals surface area (Å²) < 4.78 is 12.7. The second kappa shape index (κ2) is 10.9. The van der Waals surface area contributed by atoms with E-state index >= 15 is 0 Å². The van der Waals surface area contributed by atoms with E-state index < -0.39 is 0 Å². The molecule has 30 heavy (non-hydrogen) atoms. The molecule has 7 nitrogen and oxygen atoms in total. The zero-order chi connectivity index (χ0) is 19.9. The Morgan fingerprint density at radius 3 is 2.73 bits per heavy atom. The molecule has 2 heterocycles. The number of nitrogens with zero attached hydrogens (tertiary/aromatic N) is 3. The van der Waals surface area contributed by atoms with Gasteiger partial charge in [-0.25, -0.2) is 4.99 Å². The highest BCUT2D eigenvalue weighted by Gasteiger charge is 2.13. The Kier molecular flexibility index (Phi) is 7.95. The Hall–Kier alpha value is -2.75. The zero-order valence-corrected chi connectivity index (χ0v) is 19.2. The summed E-state index contributed by atoms with van der Waals surface area (Å²) in [5.74, 6) is 2.37. The number of nitrogens with one attached hydrogen (secondary N) is 2. The van der Waals surface area contributed by atoms with Crippen LogP contribution in [0.4, 0.5) is 0 Å². The molecule has 1 aliphatic heterocycles. The van der Waals surface area contributed by atoms with E-state index in [0.29, 0.717) is 13.1 Å². The van der Waals surface area contributed by atoms with Gasteiger partial charge in [0.1, 0.15) is 0 Å². The van der Waals surface area contributed by atoms with Crippen LogP contribution in [-0.4, -0.2) is 29.1 Å². The highest BCUT2D eigenvalue weighted by Crippen LogP contribution is 2.32. The minimum atomic E-state index is 0. The zero-order valence-electron chi connectivity index (χ0n) is 16.9. The summed E-state index contributed by atoms with van der Waals surface area (Å²) in [5, 5.41) is 10.9. The summed E-state index contributed by atoms with van der Waals surface area (Å²) in [4.78, 5) is 4.73. The van der Waals surface area contributed by atoms with Crippen molar-refractivity contribution in [2.45, 2.75) is 26.6 Å². The van der Waals surface area contributed by atoms with Gasteiger partial charge in [-0.05, 0) is 41.8 Å². The number of rotatable bonds is 7. The minimum Gasteiger partial charge on any atom is -0.454 e. The summed E-state index contributed by atoms with van der Waals surface area (Å²) in [7, 11) is 0. The molecule has 1 aromatic heterocycles. The Balaban J connectivity index is 0.00000256. The van der Waals surface area contributed by atoms with Gasteiger partial charge in [0, 0.05) is 25.5 Å². The Bertz CT molecular complexity index is 975. The monoisotopic (exact) mass is 519 g/mol. The van der Waals surface area contributed by atoms with E-state index in [1.54, 1.807) is 6.20 Å². The van der Waals surface area contributed by atoms with Gasteiger partial charge in [0.25, 0.3) is 0 Å². The Morgan fingerprint density at radius 1 is 1.03 bits per heavy atom. The van der Waals surface area contributed by atoms with Crippen LogP contribution in [0.25, 0.3) is 0 Å². The van der Waals surface area contributed by atoms with E-state index in [0.717, 1.165) is 41.7 Å². The third-order valence-corrected chi connectivity index (χ3v) is 4.56. The van der Waals surface area contributed by atoms with E-state index in [4.69, 9.17) is 14.5 Å². The van der Waals surface area contributed by atoms with Gasteiger partial charge in [-0.1, -0.05) is 30.3 Å². The van der Waals surface area contributed by atoms with Crippen molar-refractivity contribution in [2.24, 2.45) is 4.99 Å². The van der Waals surface area contributed by atoms with Crippen LogP contribution in [0.1, 0.15) is 23.6 Å². The van der Waals surface area contributed by atoms with Crippen LogP contribution in [0.15, 0.2) is 65.9 Å². The van der Waals surface area contributed by atoms with Crippen LogP contribution in [-0.2, 0) is 19.6 Å². The van der Waals surface area contributed by atoms with Gasteiger partial charge in [0.05, 0.1) is 13.1 Å². The molecule has 0 unspecified atom stereocenters. The van der Waals surface area contributed by atoms with Gasteiger partial charge in [0.2, 0.25) is 6.79 Å². The fourth-order valence-electron chi connectivity index (χ4n) is 3.16. The standard InChI is InChI=1S/C22H25N5O2.HI/c1-2-23-22(25-14-18-7-8-20-21(12-18)29-16-28-20)24-13-17-5-3-6-19(11-17)15-27-10-4-9-26-27;/h3-12H,2,13-16H2,1H3,(H2,23,24,25);1H. The maximum Gasteiger partial charge on any atom is 0.231 e.